The maximum Gasteiger partial charge on any atom is 0.225 e. The quantitative estimate of drug-likeness (QED) is 0.864. The summed E-state index contributed by atoms with van der Waals surface area (Å²) in [6.07, 6.45) is 0.810. The van der Waals surface area contributed by atoms with Crippen LogP contribution < -0.4 is 11.1 Å². The highest BCUT2D eigenvalue weighted by molar-refractivity contribution is 5.79. The van der Waals surface area contributed by atoms with E-state index in [9.17, 15) is 4.79 Å². The number of amides is 1. The predicted octanol–water partition coefficient (Wildman–Crippen LogP) is 1.96. The van der Waals surface area contributed by atoms with Gasteiger partial charge in [0.15, 0.2) is 0 Å². The second kappa shape index (κ2) is 6.86. The number of nitrogens with one attached hydrogen (secondary N) is 1. The van der Waals surface area contributed by atoms with Crippen LogP contribution in [0.4, 0.5) is 0 Å². The van der Waals surface area contributed by atoms with Crippen molar-refractivity contribution in [3.05, 3.63) is 35.4 Å². The monoisotopic (exact) mass is 276 g/mol. The Bertz CT molecular complexity index is 436. The number of hydrogen-bond acceptors (Lipinski definition) is 3. The summed E-state index contributed by atoms with van der Waals surface area (Å²) < 4.78 is 5.21. The third-order valence-corrected chi connectivity index (χ3v) is 3.83. The second-order valence-corrected chi connectivity index (χ2v) is 5.73. The van der Waals surface area contributed by atoms with Crippen molar-refractivity contribution in [1.82, 2.24) is 5.32 Å². The largest absolute Gasteiger partial charge is 0.381 e. The number of hydrogen-bond donors (Lipinski definition) is 2. The molecule has 1 aliphatic heterocycles. The van der Waals surface area contributed by atoms with Crippen molar-refractivity contribution in [2.45, 2.75) is 32.2 Å². The zero-order valence-electron chi connectivity index (χ0n) is 12.3. The van der Waals surface area contributed by atoms with E-state index >= 15 is 0 Å². The van der Waals surface area contributed by atoms with Gasteiger partial charge in [0.2, 0.25) is 5.91 Å². The number of benzene rings is 1. The Morgan fingerprint density at radius 3 is 2.55 bits per heavy atom. The van der Waals surface area contributed by atoms with Gasteiger partial charge in [-0.1, -0.05) is 38.1 Å². The predicted molar refractivity (Wildman–Crippen MR) is 79.4 cm³/mol. The van der Waals surface area contributed by atoms with Crippen LogP contribution in [-0.4, -0.2) is 25.7 Å². The molecule has 1 amide bonds. The minimum absolute atomic E-state index is 0.00878. The molecule has 1 saturated heterocycles. The molecular formula is C16H24N2O2. The third kappa shape index (κ3) is 3.81. The Kier molecular flexibility index (Phi) is 5.15. The van der Waals surface area contributed by atoms with Gasteiger partial charge in [0.05, 0.1) is 12.5 Å². The van der Waals surface area contributed by atoms with Crippen molar-refractivity contribution < 1.29 is 9.53 Å². The molecule has 0 spiro atoms. The first kappa shape index (κ1) is 15.0. The molecule has 0 aromatic heterocycles. The number of nitrogens with two attached hydrogens (primary N) is 1. The van der Waals surface area contributed by atoms with Crippen molar-refractivity contribution in [3.63, 3.8) is 0 Å². The molecule has 1 heterocycles. The molecule has 0 bridgehead atoms. The third-order valence-electron chi connectivity index (χ3n) is 3.83. The van der Waals surface area contributed by atoms with Crippen LogP contribution in [0.1, 0.15) is 43.4 Å². The average Bonchev–Trinajstić information content (AvgIpc) is 2.98. The smallest absolute Gasteiger partial charge is 0.225 e. The Morgan fingerprint density at radius 1 is 1.35 bits per heavy atom. The summed E-state index contributed by atoms with van der Waals surface area (Å²) in [5.41, 5.74) is 8.47. The molecular weight excluding hydrogens is 252 g/mol. The van der Waals surface area contributed by atoms with Crippen molar-refractivity contribution in [1.29, 1.82) is 0 Å². The van der Waals surface area contributed by atoms with Gasteiger partial charge >= 0.3 is 0 Å². The normalized spacial score (nSPS) is 20.1. The van der Waals surface area contributed by atoms with Crippen LogP contribution in [-0.2, 0) is 9.53 Å². The highest BCUT2D eigenvalue weighted by Gasteiger charge is 2.23. The van der Waals surface area contributed by atoms with Gasteiger partial charge < -0.3 is 15.8 Å². The van der Waals surface area contributed by atoms with E-state index in [4.69, 9.17) is 10.5 Å². The molecule has 1 aliphatic rings. The van der Waals surface area contributed by atoms with Crippen molar-refractivity contribution in [2.24, 2.45) is 11.7 Å². The summed E-state index contributed by atoms with van der Waals surface area (Å²) >= 11 is 0. The molecule has 1 fully saturated rings. The van der Waals surface area contributed by atoms with Gasteiger partial charge in [-0.3, -0.25) is 4.79 Å². The molecule has 110 valence electrons. The minimum atomic E-state index is -0.164. The standard InChI is InChI=1S/C16H24N2O2/c1-11(2)12-3-5-13(6-4-12)15(17)9-18-16(19)14-7-8-20-10-14/h3-6,11,14-15H,7-10,17H2,1-2H3,(H,18,19). The van der Waals surface area contributed by atoms with E-state index in [1.54, 1.807) is 0 Å². The van der Waals surface area contributed by atoms with Gasteiger partial charge in [0, 0.05) is 19.2 Å². The van der Waals surface area contributed by atoms with Crippen LogP contribution in [0.3, 0.4) is 0 Å². The van der Waals surface area contributed by atoms with Crippen LogP contribution in [0.15, 0.2) is 24.3 Å². The van der Waals surface area contributed by atoms with Gasteiger partial charge in [-0.05, 0) is 23.5 Å². The number of carbonyl (C=O) groups excluding carboxylic acids is 1. The van der Waals surface area contributed by atoms with Crippen molar-refractivity contribution in [2.75, 3.05) is 19.8 Å². The first-order chi connectivity index (χ1) is 9.58. The van der Waals surface area contributed by atoms with E-state index in [-0.39, 0.29) is 17.9 Å². The van der Waals surface area contributed by atoms with Crippen LogP contribution in [0.5, 0.6) is 0 Å². The number of rotatable bonds is 5. The molecule has 0 saturated carbocycles. The highest BCUT2D eigenvalue weighted by atomic mass is 16.5. The minimum Gasteiger partial charge on any atom is -0.381 e. The Labute approximate surface area is 120 Å². The summed E-state index contributed by atoms with van der Waals surface area (Å²) in [5, 5.41) is 2.92. The Balaban J connectivity index is 1.84. The first-order valence-electron chi connectivity index (χ1n) is 7.29. The molecule has 1 aromatic carbocycles. The second-order valence-electron chi connectivity index (χ2n) is 5.73. The van der Waals surface area contributed by atoms with Gasteiger partial charge in [-0.25, -0.2) is 0 Å². The molecule has 0 aliphatic carbocycles. The molecule has 4 heteroatoms. The van der Waals surface area contributed by atoms with E-state index in [1.807, 2.05) is 12.1 Å². The summed E-state index contributed by atoms with van der Waals surface area (Å²) in [6, 6.07) is 8.14. The van der Waals surface area contributed by atoms with Crippen LogP contribution in [0, 0.1) is 5.92 Å². The molecule has 2 atom stereocenters. The lowest BCUT2D eigenvalue weighted by atomic mass is 9.99. The summed E-state index contributed by atoms with van der Waals surface area (Å²) in [4.78, 5) is 11.9. The van der Waals surface area contributed by atoms with E-state index in [0.29, 0.717) is 25.7 Å². The molecule has 20 heavy (non-hydrogen) atoms. The lowest BCUT2D eigenvalue weighted by Gasteiger charge is -2.16. The number of carbonyl (C=O) groups is 1. The van der Waals surface area contributed by atoms with E-state index in [1.165, 1.54) is 5.56 Å². The van der Waals surface area contributed by atoms with Gasteiger partial charge in [-0.15, -0.1) is 0 Å². The van der Waals surface area contributed by atoms with Crippen LogP contribution in [0.2, 0.25) is 0 Å². The maximum atomic E-state index is 11.9. The van der Waals surface area contributed by atoms with Gasteiger partial charge in [0.1, 0.15) is 0 Å². The average molecular weight is 276 g/mol. The Morgan fingerprint density at radius 2 is 2.00 bits per heavy atom. The first-order valence-corrected chi connectivity index (χ1v) is 7.29. The van der Waals surface area contributed by atoms with E-state index < -0.39 is 0 Å². The molecule has 2 unspecified atom stereocenters. The maximum absolute atomic E-state index is 11.9. The molecule has 2 rings (SSSR count). The fourth-order valence-corrected chi connectivity index (χ4v) is 2.34. The van der Waals surface area contributed by atoms with Crippen LogP contribution >= 0.6 is 0 Å². The molecule has 0 radical (unpaired) electrons. The van der Waals surface area contributed by atoms with Crippen LogP contribution in [0.25, 0.3) is 0 Å². The molecule has 4 nitrogen and oxygen atoms in total. The van der Waals surface area contributed by atoms with E-state index in [2.05, 4.69) is 31.3 Å². The lowest BCUT2D eigenvalue weighted by molar-refractivity contribution is -0.125. The fourth-order valence-electron chi connectivity index (χ4n) is 2.34. The number of ether oxygens (including phenoxy) is 1. The van der Waals surface area contributed by atoms with Crippen molar-refractivity contribution in [3.8, 4) is 0 Å². The summed E-state index contributed by atoms with van der Waals surface area (Å²) in [6.45, 7) is 6.01. The molecule has 3 N–H and O–H groups in total. The topological polar surface area (TPSA) is 64.3 Å². The zero-order valence-corrected chi connectivity index (χ0v) is 12.3. The Hall–Kier alpha value is -1.39. The van der Waals surface area contributed by atoms with Crippen molar-refractivity contribution >= 4 is 5.91 Å². The summed E-state index contributed by atoms with van der Waals surface area (Å²) in [5.74, 6) is 0.560. The lowest BCUT2D eigenvalue weighted by Crippen LogP contribution is -2.36. The zero-order chi connectivity index (χ0) is 14.5. The molecule has 1 aromatic rings. The van der Waals surface area contributed by atoms with E-state index in [0.717, 1.165) is 12.0 Å². The highest BCUT2D eigenvalue weighted by Crippen LogP contribution is 2.18. The fraction of sp³-hybridized carbons (Fsp3) is 0.562. The SMILES string of the molecule is CC(C)c1ccc(C(N)CNC(=O)C2CCOC2)cc1. The summed E-state index contributed by atoms with van der Waals surface area (Å²) in [7, 11) is 0. The van der Waals surface area contributed by atoms with Gasteiger partial charge in [0.25, 0.3) is 0 Å². The van der Waals surface area contributed by atoms with Gasteiger partial charge in [-0.2, -0.15) is 0 Å².